The van der Waals surface area contributed by atoms with E-state index in [1.807, 2.05) is 4.90 Å². The molecular formula is C25H43NO5. The highest BCUT2D eigenvalue weighted by Crippen LogP contribution is 2.17. The van der Waals surface area contributed by atoms with Crippen molar-refractivity contribution in [2.75, 3.05) is 26.2 Å². The first-order chi connectivity index (χ1) is 15.0. The van der Waals surface area contributed by atoms with E-state index in [-0.39, 0.29) is 13.1 Å². The van der Waals surface area contributed by atoms with Crippen molar-refractivity contribution in [1.29, 1.82) is 0 Å². The zero-order chi connectivity index (χ0) is 22.6. The van der Waals surface area contributed by atoms with Gasteiger partial charge in [-0.25, -0.2) is 0 Å². The van der Waals surface area contributed by atoms with Crippen molar-refractivity contribution in [3.63, 3.8) is 0 Å². The number of rotatable bonds is 13. The molecule has 1 aliphatic rings. The Hall–Kier alpha value is -1.02. The number of nitrogens with zero attached hydrogens (tertiary/aromatic N) is 1. The van der Waals surface area contributed by atoms with Crippen LogP contribution in [0.5, 0.6) is 0 Å². The molecule has 0 saturated carbocycles. The Bertz CT molecular complexity index is 610. The van der Waals surface area contributed by atoms with Crippen LogP contribution in [0.3, 0.4) is 0 Å². The van der Waals surface area contributed by atoms with Gasteiger partial charge in [-0.2, -0.15) is 0 Å². The van der Waals surface area contributed by atoms with Gasteiger partial charge in [0.2, 0.25) is 0 Å². The van der Waals surface area contributed by atoms with Gasteiger partial charge in [-0.3, -0.25) is 4.90 Å². The minimum atomic E-state index is -1.29. The van der Waals surface area contributed by atoms with Crippen LogP contribution in [-0.4, -0.2) is 76.0 Å². The molecule has 6 heteroatoms. The molecule has 0 aliphatic carbocycles. The van der Waals surface area contributed by atoms with E-state index in [1.54, 1.807) is 0 Å². The van der Waals surface area contributed by atoms with Crippen LogP contribution < -0.4 is 0 Å². The third-order valence-corrected chi connectivity index (χ3v) is 6.12. The van der Waals surface area contributed by atoms with Gasteiger partial charge in [0.25, 0.3) is 0 Å². The van der Waals surface area contributed by atoms with Crippen LogP contribution in [0.1, 0.15) is 69.1 Å². The molecule has 1 aromatic carbocycles. The van der Waals surface area contributed by atoms with Crippen molar-refractivity contribution in [3.05, 3.63) is 34.9 Å². The highest BCUT2D eigenvalue weighted by atomic mass is 16.5. The molecule has 1 aliphatic heterocycles. The lowest BCUT2D eigenvalue weighted by atomic mass is 9.97. The number of β-amino-alcohol motifs (C(OH)–C–C–N with tert-alkyl or cyclic N) is 2. The Kier molecular flexibility index (Phi) is 12.0. The lowest BCUT2D eigenvalue weighted by Gasteiger charge is -2.23. The summed E-state index contributed by atoms with van der Waals surface area (Å²) in [6.07, 6.45) is 4.04. The second-order valence-electron chi connectivity index (χ2n) is 8.95. The van der Waals surface area contributed by atoms with Gasteiger partial charge in [-0.15, -0.1) is 0 Å². The van der Waals surface area contributed by atoms with Crippen LogP contribution in [0.25, 0.3) is 0 Å². The molecule has 1 fully saturated rings. The Morgan fingerprint density at radius 1 is 0.839 bits per heavy atom. The van der Waals surface area contributed by atoms with Crippen molar-refractivity contribution < 1.29 is 25.2 Å². The number of aryl methyl sites for hydroxylation is 2. The van der Waals surface area contributed by atoms with Gasteiger partial charge in [-0.05, 0) is 48.9 Å². The second kappa shape index (κ2) is 14.2. The fraction of sp³-hybridized carbons (Fsp3) is 0.760. The molecule has 4 atom stereocenters. The van der Waals surface area contributed by atoms with Gasteiger partial charge < -0.3 is 25.2 Å². The fourth-order valence-electron chi connectivity index (χ4n) is 4.32. The van der Waals surface area contributed by atoms with Gasteiger partial charge in [-0.1, -0.05) is 57.7 Å². The number of aliphatic hydroxyl groups is 4. The molecule has 0 unspecified atom stereocenters. The van der Waals surface area contributed by atoms with Crippen molar-refractivity contribution >= 4 is 0 Å². The van der Waals surface area contributed by atoms with Crippen molar-refractivity contribution in [1.82, 2.24) is 4.90 Å². The van der Waals surface area contributed by atoms with Crippen molar-refractivity contribution in [3.8, 4) is 0 Å². The molecule has 1 aromatic rings. The summed E-state index contributed by atoms with van der Waals surface area (Å²) in [5.74, 6) is 0. The Balaban J connectivity index is 1.60. The van der Waals surface area contributed by atoms with Crippen LogP contribution in [0.4, 0.5) is 0 Å². The highest BCUT2D eigenvalue weighted by Gasteiger charge is 2.35. The van der Waals surface area contributed by atoms with E-state index >= 15 is 0 Å². The molecule has 0 radical (unpaired) electrons. The van der Waals surface area contributed by atoms with E-state index in [0.29, 0.717) is 6.61 Å². The Morgan fingerprint density at radius 3 is 2.10 bits per heavy atom. The van der Waals surface area contributed by atoms with Gasteiger partial charge in [0.05, 0.1) is 18.8 Å². The number of benzene rings is 1. The number of unbranched alkanes of at least 4 members (excludes halogenated alkanes) is 3. The number of ether oxygens (including phenoxy) is 1. The molecule has 0 bridgehead atoms. The van der Waals surface area contributed by atoms with Gasteiger partial charge >= 0.3 is 0 Å². The molecule has 1 saturated heterocycles. The molecule has 1 heterocycles. The summed E-state index contributed by atoms with van der Waals surface area (Å²) in [6.45, 7) is 7.14. The van der Waals surface area contributed by atoms with Crippen LogP contribution in [0.2, 0.25) is 0 Å². The smallest absolute Gasteiger partial charge is 0.110 e. The predicted octanol–water partition coefficient (Wildman–Crippen LogP) is 2.43. The van der Waals surface area contributed by atoms with Crippen LogP contribution >= 0.6 is 0 Å². The van der Waals surface area contributed by atoms with Gasteiger partial charge in [0.1, 0.15) is 12.2 Å². The van der Waals surface area contributed by atoms with E-state index in [9.17, 15) is 20.4 Å². The zero-order valence-electron chi connectivity index (χ0n) is 19.4. The van der Waals surface area contributed by atoms with Gasteiger partial charge in [0.15, 0.2) is 0 Å². The maximum Gasteiger partial charge on any atom is 0.110 e. The highest BCUT2D eigenvalue weighted by molar-refractivity contribution is 5.32. The molecular weight excluding hydrogens is 394 g/mol. The molecule has 31 heavy (non-hydrogen) atoms. The molecule has 178 valence electrons. The SMILES string of the molecule is CCCc1ccc(COCCCCCCN2C[C@H](O)[C@@H](O)[C@H](O)[C@@H](O)C2)cc1CCC. The summed E-state index contributed by atoms with van der Waals surface area (Å²) in [5.41, 5.74) is 4.20. The van der Waals surface area contributed by atoms with Crippen molar-refractivity contribution in [2.45, 2.75) is 96.2 Å². The van der Waals surface area contributed by atoms with Crippen LogP contribution in [0.15, 0.2) is 18.2 Å². The lowest BCUT2D eigenvalue weighted by Crippen LogP contribution is -2.43. The van der Waals surface area contributed by atoms with Crippen LogP contribution in [-0.2, 0) is 24.2 Å². The topological polar surface area (TPSA) is 93.4 Å². The molecule has 6 nitrogen and oxygen atoms in total. The summed E-state index contributed by atoms with van der Waals surface area (Å²) < 4.78 is 5.89. The van der Waals surface area contributed by atoms with E-state index in [4.69, 9.17) is 4.74 Å². The third-order valence-electron chi connectivity index (χ3n) is 6.12. The number of aliphatic hydroxyl groups excluding tert-OH is 4. The monoisotopic (exact) mass is 437 g/mol. The molecule has 0 aromatic heterocycles. The first-order valence-electron chi connectivity index (χ1n) is 12.1. The molecule has 4 N–H and O–H groups in total. The number of likely N-dealkylation sites (tertiary alicyclic amines) is 1. The first kappa shape index (κ1) is 26.2. The number of hydrogen-bond donors (Lipinski definition) is 4. The van der Waals surface area contributed by atoms with Gasteiger partial charge in [0, 0.05) is 19.7 Å². The van der Waals surface area contributed by atoms with E-state index in [1.165, 1.54) is 23.1 Å². The molecule has 2 rings (SSSR count). The largest absolute Gasteiger partial charge is 0.389 e. The Morgan fingerprint density at radius 2 is 1.45 bits per heavy atom. The maximum atomic E-state index is 9.92. The summed E-state index contributed by atoms with van der Waals surface area (Å²) in [6, 6.07) is 6.77. The summed E-state index contributed by atoms with van der Waals surface area (Å²) in [5, 5.41) is 39.4. The zero-order valence-corrected chi connectivity index (χ0v) is 19.4. The predicted molar refractivity (Wildman–Crippen MR) is 123 cm³/mol. The normalized spacial score (nSPS) is 25.0. The van der Waals surface area contributed by atoms with Crippen LogP contribution in [0, 0.1) is 0 Å². The average Bonchev–Trinajstić information content (AvgIpc) is 2.84. The second-order valence-corrected chi connectivity index (χ2v) is 8.95. The standard InChI is InChI=1S/C25H43NO5/c1-3-9-20-12-11-19(15-21(20)10-4-2)18-31-14-8-6-5-7-13-26-16-22(27)24(29)25(30)23(28)17-26/h11-12,15,22-25,27-30H,3-10,13-14,16-18H2,1-2H3/t22-,23-,24+,25+/m0/s1. The fourth-order valence-corrected chi connectivity index (χ4v) is 4.32. The Labute approximate surface area is 187 Å². The van der Waals surface area contributed by atoms with Crippen molar-refractivity contribution in [2.24, 2.45) is 0 Å². The summed E-state index contributed by atoms with van der Waals surface area (Å²) in [7, 11) is 0. The van der Waals surface area contributed by atoms with E-state index in [0.717, 1.165) is 58.1 Å². The summed E-state index contributed by atoms with van der Waals surface area (Å²) in [4.78, 5) is 1.92. The lowest BCUT2D eigenvalue weighted by molar-refractivity contribution is -0.0894. The molecule has 0 spiro atoms. The quantitative estimate of drug-likeness (QED) is 0.354. The minimum Gasteiger partial charge on any atom is -0.389 e. The maximum absolute atomic E-state index is 9.92. The van der Waals surface area contributed by atoms with E-state index in [2.05, 4.69) is 32.0 Å². The first-order valence-corrected chi connectivity index (χ1v) is 12.1. The third kappa shape index (κ3) is 8.79. The number of hydrogen-bond acceptors (Lipinski definition) is 6. The average molecular weight is 438 g/mol. The summed E-state index contributed by atoms with van der Waals surface area (Å²) >= 11 is 0. The minimum absolute atomic E-state index is 0.273. The van der Waals surface area contributed by atoms with E-state index < -0.39 is 24.4 Å². The molecule has 0 amide bonds.